The normalized spacial score (nSPS) is 18.6. The van der Waals surface area contributed by atoms with Gasteiger partial charge in [0.1, 0.15) is 83.7 Å². The molecule has 92 heavy (non-hydrogen) atoms. The topological polar surface area (TPSA) is 310 Å². The number of nitriles is 4. The Balaban J connectivity index is 1.02. The Morgan fingerprint density at radius 1 is 0.500 bits per heavy atom. The molecule has 2 unspecified atom stereocenters. The van der Waals surface area contributed by atoms with Gasteiger partial charge in [0, 0.05) is 36.1 Å². The number of allylic oxidation sites excluding steroid dienone is 8. The fourth-order valence-corrected chi connectivity index (χ4v) is 14.7. The van der Waals surface area contributed by atoms with Crippen molar-refractivity contribution in [2.45, 2.75) is 51.5 Å². The average Bonchev–Trinajstić information content (AvgIpc) is 1.28. The molecule has 6 aromatic rings. The van der Waals surface area contributed by atoms with Crippen LogP contribution >= 0.6 is 46.2 Å². The summed E-state index contributed by atoms with van der Waals surface area (Å²) in [5, 5.41) is 38.8. The fourth-order valence-electron chi connectivity index (χ4n) is 10.5. The quantitative estimate of drug-likeness (QED) is 0.0376. The molecule has 2 saturated heterocycles. The van der Waals surface area contributed by atoms with Crippen LogP contribution in [0.1, 0.15) is 57.2 Å². The molecule has 2 aromatic heterocycles. The molecule has 2 amide bonds. The van der Waals surface area contributed by atoms with Crippen molar-refractivity contribution in [3.63, 3.8) is 0 Å². The van der Waals surface area contributed by atoms with E-state index in [1.807, 2.05) is 24.3 Å². The van der Waals surface area contributed by atoms with Crippen molar-refractivity contribution in [2.75, 3.05) is 13.1 Å². The maximum atomic E-state index is 15.3. The Morgan fingerprint density at radius 2 is 0.804 bits per heavy atom. The number of benzene rings is 4. The van der Waals surface area contributed by atoms with Crippen molar-refractivity contribution in [2.24, 2.45) is 21.8 Å². The standard InChI is InChI=1S/C66H44N10O12S4/c1-3-75-55(77)53(91-57(75)43(29-67)30-68)73-63-71-51-49(89-63)45-25-41-28-48-46(26-42(41)27-47(45)87-65(51,59(79)83-33-37-17-9-5-10-18-37)60(80)84-34-38-19-11-6-12-20-38)50-52(72-64(90-50)74-54-56(78)76(4-2)58(92-54)44(31-69)32-70)66(88-48,61(81)85-35-39-21-13-7-14-22-39)62(82)86-36-40-23-15-8-16-24-40/h5-28,41-42H,3-4,33-36H2,1-2H3. The minimum absolute atomic E-state index is 0.0168. The first-order valence-electron chi connectivity index (χ1n) is 28.1. The van der Waals surface area contributed by atoms with Crippen molar-refractivity contribution < 1.29 is 57.2 Å². The summed E-state index contributed by atoms with van der Waals surface area (Å²) in [6, 6.07) is 42.1. The summed E-state index contributed by atoms with van der Waals surface area (Å²) in [5.41, 5.74) is -4.02. The van der Waals surface area contributed by atoms with E-state index in [1.54, 1.807) is 159 Å². The third-order valence-corrected chi connectivity index (χ3v) is 19.1. The zero-order chi connectivity index (χ0) is 64.3. The van der Waals surface area contributed by atoms with E-state index in [2.05, 4.69) is 9.98 Å². The van der Waals surface area contributed by atoms with E-state index in [-0.39, 0.29) is 125 Å². The second-order valence-corrected chi connectivity index (χ2v) is 24.4. The molecule has 4 aromatic carbocycles. The lowest BCUT2D eigenvalue weighted by molar-refractivity contribution is -0.191. The molecular formula is C66H44N10O12S4. The minimum atomic E-state index is -2.80. The predicted molar refractivity (Wildman–Crippen MR) is 334 cm³/mol. The molecule has 0 saturated carbocycles. The molecular weight excluding hydrogens is 1250 g/mol. The first kappa shape index (κ1) is 61.2. The Morgan fingerprint density at radius 3 is 1.09 bits per heavy atom. The van der Waals surface area contributed by atoms with Gasteiger partial charge < -0.3 is 28.4 Å². The maximum Gasteiger partial charge on any atom is 0.369 e. The molecule has 0 bridgehead atoms. The number of rotatable bonds is 16. The molecule has 0 N–H and O–H groups in total. The highest BCUT2D eigenvalue weighted by atomic mass is 32.2. The Kier molecular flexibility index (Phi) is 17.2. The van der Waals surface area contributed by atoms with Gasteiger partial charge in [0.25, 0.3) is 11.8 Å². The molecule has 0 spiro atoms. The largest absolute Gasteiger partial charge is 0.458 e. The van der Waals surface area contributed by atoms with E-state index in [1.165, 1.54) is 9.80 Å². The summed E-state index contributed by atoms with van der Waals surface area (Å²) in [6.45, 7) is 2.20. The summed E-state index contributed by atoms with van der Waals surface area (Å²) in [6.07, 6.45) is 6.82. The number of carbonyl (C=O) groups excluding carboxylic acids is 6. The lowest BCUT2D eigenvalue weighted by Gasteiger charge is -2.40. The fraction of sp³-hybridized carbons (Fsp3) is 0.182. The van der Waals surface area contributed by atoms with Crippen LogP contribution in [0.5, 0.6) is 0 Å². The average molecular weight is 1300 g/mol. The van der Waals surface area contributed by atoms with Crippen LogP contribution in [0.3, 0.4) is 0 Å². The molecule has 22 nitrogen and oxygen atoms in total. The highest BCUT2D eigenvalue weighted by Gasteiger charge is 2.63. The summed E-state index contributed by atoms with van der Waals surface area (Å²) in [7, 11) is 0. The molecule has 6 heterocycles. The molecule has 12 rings (SSSR count). The van der Waals surface area contributed by atoms with Crippen LogP contribution in [0.25, 0.3) is 11.1 Å². The van der Waals surface area contributed by atoms with Gasteiger partial charge >= 0.3 is 35.1 Å². The highest BCUT2D eigenvalue weighted by molar-refractivity contribution is 8.20. The SMILES string of the molecule is CCN1C(=O)C(=Nc2nc3c(s2)C2=CC4C=C5OC(C(=O)OCc6ccccc6)(C(=O)OCc6ccccc6)c6nc(N=C7SC(=C(C#N)C#N)N(CC)C7=O)sc6C5=CC4C=C2OC3(C(=O)OCc2ccccc2)C(=O)OCc2ccccc2)SC1=C(C#N)C#N. The molecule has 26 heteroatoms. The van der Waals surface area contributed by atoms with E-state index >= 15 is 19.2 Å². The van der Waals surface area contributed by atoms with Gasteiger partial charge in [-0.3, -0.25) is 19.4 Å². The van der Waals surface area contributed by atoms with Crippen LogP contribution in [0.4, 0.5) is 10.3 Å². The van der Waals surface area contributed by atoms with Crippen LogP contribution in [0.2, 0.25) is 0 Å². The van der Waals surface area contributed by atoms with Gasteiger partial charge in [-0.05, 0) is 71.8 Å². The van der Waals surface area contributed by atoms with Gasteiger partial charge in [-0.15, -0.1) is 0 Å². The van der Waals surface area contributed by atoms with Crippen LogP contribution in [0, 0.1) is 57.2 Å². The minimum Gasteiger partial charge on any atom is -0.458 e. The van der Waals surface area contributed by atoms with E-state index in [0.717, 1.165) is 46.2 Å². The molecule has 2 aliphatic carbocycles. The Bertz CT molecular complexity index is 4110. The van der Waals surface area contributed by atoms with Crippen LogP contribution < -0.4 is 0 Å². The number of thiazole rings is 2. The Labute approximate surface area is 540 Å². The number of amides is 2. The lowest BCUT2D eigenvalue weighted by atomic mass is 9.76. The Hall–Kier alpha value is -11.0. The summed E-state index contributed by atoms with van der Waals surface area (Å²) in [5.74, 6) is -7.67. The number of hydrogen-bond acceptors (Lipinski definition) is 24. The van der Waals surface area contributed by atoms with Gasteiger partial charge in [0.15, 0.2) is 21.2 Å². The van der Waals surface area contributed by atoms with E-state index in [9.17, 15) is 30.6 Å². The summed E-state index contributed by atoms with van der Waals surface area (Å²) in [4.78, 5) is 111. The van der Waals surface area contributed by atoms with Gasteiger partial charge in [0.05, 0.1) is 9.75 Å². The van der Waals surface area contributed by atoms with Crippen molar-refractivity contribution in [1.29, 1.82) is 21.0 Å². The lowest BCUT2D eigenvalue weighted by Crippen LogP contribution is -2.51. The summed E-state index contributed by atoms with van der Waals surface area (Å²) < 4.78 is 37.6. The number of aromatic nitrogens is 2. The first-order valence-corrected chi connectivity index (χ1v) is 31.4. The molecule has 6 aliphatic rings. The zero-order valence-corrected chi connectivity index (χ0v) is 51.5. The number of fused-ring (bicyclic) bond motifs is 7. The van der Waals surface area contributed by atoms with Gasteiger partial charge in [-0.25, -0.2) is 39.1 Å². The number of aliphatic imine (C=N–C) groups is 2. The van der Waals surface area contributed by atoms with Crippen molar-refractivity contribution in [3.8, 4) is 24.3 Å². The second-order valence-electron chi connectivity index (χ2n) is 20.5. The van der Waals surface area contributed by atoms with E-state index < -0.39 is 58.7 Å². The van der Waals surface area contributed by atoms with Gasteiger partial charge in [-0.2, -0.15) is 21.0 Å². The van der Waals surface area contributed by atoms with Crippen LogP contribution in [0.15, 0.2) is 188 Å². The zero-order valence-electron chi connectivity index (χ0n) is 48.3. The van der Waals surface area contributed by atoms with Gasteiger partial charge in [0.2, 0.25) is 10.3 Å². The summed E-state index contributed by atoms with van der Waals surface area (Å²) >= 11 is 3.34. The van der Waals surface area contributed by atoms with E-state index in [4.69, 9.17) is 38.4 Å². The van der Waals surface area contributed by atoms with Crippen LogP contribution in [-0.4, -0.2) is 78.6 Å². The molecule has 0 radical (unpaired) electrons. The first-order chi connectivity index (χ1) is 44.7. The molecule has 4 aliphatic heterocycles. The number of ether oxygens (including phenoxy) is 6. The number of carbonyl (C=O) groups is 6. The highest BCUT2D eigenvalue weighted by Crippen LogP contribution is 2.56. The number of thioether (sulfide) groups is 2. The molecule has 2 fully saturated rings. The van der Waals surface area contributed by atoms with Gasteiger partial charge in [-0.1, -0.05) is 156 Å². The van der Waals surface area contributed by atoms with Crippen molar-refractivity contribution in [1.82, 2.24) is 19.8 Å². The monoisotopic (exact) mass is 1300 g/mol. The number of esters is 4. The molecule has 454 valence electrons. The van der Waals surface area contributed by atoms with E-state index in [0.29, 0.717) is 22.3 Å². The second kappa shape index (κ2) is 25.8. The maximum absolute atomic E-state index is 15.3. The van der Waals surface area contributed by atoms with Crippen molar-refractivity contribution >= 4 is 113 Å². The predicted octanol–water partition coefficient (Wildman–Crippen LogP) is 10.3. The number of hydrogen-bond donors (Lipinski definition) is 0. The third kappa shape index (κ3) is 11.2. The van der Waals surface area contributed by atoms with Crippen molar-refractivity contribution in [3.05, 3.63) is 222 Å². The number of nitrogens with zero attached hydrogens (tertiary/aromatic N) is 10. The van der Waals surface area contributed by atoms with Crippen LogP contribution in [-0.2, 0) is 94.8 Å². The third-order valence-electron chi connectivity index (χ3n) is 14.9. The smallest absolute Gasteiger partial charge is 0.369 e. The molecule has 2 atom stereocenters.